The minimum Gasteiger partial charge on any atom is -0.478 e. The second kappa shape index (κ2) is 5.57. The quantitative estimate of drug-likeness (QED) is 0.660. The molecule has 94 valence electrons. The van der Waals surface area contributed by atoms with Crippen molar-refractivity contribution in [1.82, 2.24) is 0 Å². The van der Waals surface area contributed by atoms with Crippen LogP contribution >= 0.6 is 0 Å². The molecule has 0 amide bonds. The number of carboxylic acid groups (broad SMARTS) is 3. The van der Waals surface area contributed by atoms with Gasteiger partial charge in [0.2, 0.25) is 0 Å². The average Bonchev–Trinajstić information content (AvgIpc) is 2.26. The highest BCUT2D eigenvalue weighted by molar-refractivity contribution is 6.65. The summed E-state index contributed by atoms with van der Waals surface area (Å²) < 4.78 is 8.38. The van der Waals surface area contributed by atoms with E-state index >= 15 is 0 Å². The first kappa shape index (κ1) is 13.4. The van der Waals surface area contributed by atoms with Gasteiger partial charge in [0.05, 0.1) is 5.56 Å². The number of benzene rings is 1. The molecule has 1 aromatic carbocycles. The zero-order chi connectivity index (χ0) is 13.7. The molecule has 0 bridgehead atoms. The maximum absolute atomic E-state index is 10.9. The minimum absolute atomic E-state index is 0.213. The molecular weight excluding hydrogens is 247 g/mol. The van der Waals surface area contributed by atoms with Crippen molar-refractivity contribution in [2.45, 2.75) is 0 Å². The third-order valence-electron chi connectivity index (χ3n) is 1.86. The maximum Gasteiger partial charge on any atom is 0.642 e. The van der Waals surface area contributed by atoms with E-state index in [2.05, 4.69) is 9.31 Å². The lowest BCUT2D eigenvalue weighted by molar-refractivity contribution is 0.0695. The summed E-state index contributed by atoms with van der Waals surface area (Å²) in [5.41, 5.74) is -0.528. The van der Waals surface area contributed by atoms with Crippen molar-refractivity contribution >= 4 is 30.9 Å². The maximum atomic E-state index is 10.9. The van der Waals surface area contributed by atoms with Gasteiger partial charge in [0.25, 0.3) is 0 Å². The Morgan fingerprint density at radius 1 is 0.944 bits per heavy atom. The monoisotopic (exact) mass is 254 g/mol. The average molecular weight is 254 g/mol. The van der Waals surface area contributed by atoms with Gasteiger partial charge in [-0.3, -0.25) is 0 Å². The van der Waals surface area contributed by atoms with E-state index in [1.165, 1.54) is 24.3 Å². The molecule has 0 saturated carbocycles. The van der Waals surface area contributed by atoms with Crippen LogP contribution in [0.4, 0.5) is 9.59 Å². The molecule has 9 heteroatoms. The van der Waals surface area contributed by atoms with E-state index in [1.807, 2.05) is 0 Å². The lowest BCUT2D eigenvalue weighted by atomic mass is 9.76. The van der Waals surface area contributed by atoms with Gasteiger partial charge >= 0.3 is 25.4 Å². The first-order chi connectivity index (χ1) is 8.41. The van der Waals surface area contributed by atoms with Crippen LogP contribution in [0, 0.1) is 0 Å². The molecule has 8 nitrogen and oxygen atoms in total. The van der Waals surface area contributed by atoms with Gasteiger partial charge in [-0.25, -0.2) is 14.4 Å². The summed E-state index contributed by atoms with van der Waals surface area (Å²) in [5.74, 6) is -1.36. The SMILES string of the molecule is O=C(O)OB(OC(=O)O)c1ccccc1C(=O)O. The minimum atomic E-state index is -1.85. The highest BCUT2D eigenvalue weighted by atomic mass is 16.7. The van der Waals surface area contributed by atoms with Gasteiger partial charge in [0, 0.05) is 5.46 Å². The van der Waals surface area contributed by atoms with Crippen molar-refractivity contribution in [3.8, 4) is 0 Å². The molecule has 1 rings (SSSR count). The first-order valence-corrected chi connectivity index (χ1v) is 4.53. The Morgan fingerprint density at radius 3 is 1.89 bits per heavy atom. The van der Waals surface area contributed by atoms with Crippen LogP contribution < -0.4 is 5.46 Å². The molecule has 0 aliphatic rings. The summed E-state index contributed by atoms with van der Waals surface area (Å²) in [4.78, 5) is 31.7. The van der Waals surface area contributed by atoms with Crippen LogP contribution in [-0.4, -0.2) is 40.7 Å². The molecule has 0 fully saturated rings. The van der Waals surface area contributed by atoms with Crippen molar-refractivity contribution < 1.29 is 39.0 Å². The second-order valence-electron chi connectivity index (χ2n) is 2.99. The van der Waals surface area contributed by atoms with Gasteiger partial charge in [-0.05, 0) is 6.07 Å². The molecule has 0 saturated heterocycles. The third-order valence-corrected chi connectivity index (χ3v) is 1.86. The lowest BCUT2D eigenvalue weighted by Crippen LogP contribution is -2.42. The van der Waals surface area contributed by atoms with Crippen LogP contribution in [0.15, 0.2) is 24.3 Å². The van der Waals surface area contributed by atoms with Crippen molar-refractivity contribution in [2.24, 2.45) is 0 Å². The van der Waals surface area contributed by atoms with Crippen molar-refractivity contribution in [3.63, 3.8) is 0 Å². The molecule has 0 heterocycles. The molecule has 0 aromatic heterocycles. The summed E-state index contributed by atoms with van der Waals surface area (Å²) in [6.07, 6.45) is -3.58. The Kier molecular flexibility index (Phi) is 4.14. The standard InChI is InChI=1S/C9H7BO8/c11-7(12)5-3-1-2-4-6(5)10(17-8(13)14)18-9(15)16/h1-4H,(H,11,12)(H,13,14)(H,15,16). The Labute approximate surface area is 101 Å². The molecule has 3 N–H and O–H groups in total. The van der Waals surface area contributed by atoms with Crippen LogP contribution in [0.3, 0.4) is 0 Å². The Morgan fingerprint density at radius 2 is 1.44 bits per heavy atom. The molecular formula is C9H7BO8. The molecule has 18 heavy (non-hydrogen) atoms. The van der Waals surface area contributed by atoms with Gasteiger partial charge in [-0.1, -0.05) is 18.2 Å². The molecule has 0 aliphatic heterocycles. The van der Waals surface area contributed by atoms with Gasteiger partial charge in [-0.15, -0.1) is 0 Å². The van der Waals surface area contributed by atoms with Gasteiger partial charge in [0.15, 0.2) is 0 Å². The molecule has 0 unspecified atom stereocenters. The van der Waals surface area contributed by atoms with Crippen LogP contribution in [-0.2, 0) is 9.31 Å². The van der Waals surface area contributed by atoms with Crippen LogP contribution in [0.2, 0.25) is 0 Å². The largest absolute Gasteiger partial charge is 0.642 e. The molecule has 0 radical (unpaired) electrons. The number of hydrogen-bond donors (Lipinski definition) is 3. The lowest BCUT2D eigenvalue weighted by Gasteiger charge is -2.11. The molecule has 0 aliphatic carbocycles. The van der Waals surface area contributed by atoms with E-state index in [9.17, 15) is 14.4 Å². The summed E-state index contributed by atoms with van der Waals surface area (Å²) >= 11 is 0. The fraction of sp³-hybridized carbons (Fsp3) is 0. The Balaban J connectivity index is 3.15. The fourth-order valence-electron chi connectivity index (χ4n) is 1.23. The number of rotatable bonds is 4. The van der Waals surface area contributed by atoms with Gasteiger partial charge < -0.3 is 24.6 Å². The highest BCUT2D eigenvalue weighted by Crippen LogP contribution is 2.02. The van der Waals surface area contributed by atoms with Crippen LogP contribution in [0.5, 0.6) is 0 Å². The molecule has 1 aromatic rings. The fourth-order valence-corrected chi connectivity index (χ4v) is 1.23. The molecule has 0 spiro atoms. The Bertz CT molecular complexity index is 469. The van der Waals surface area contributed by atoms with Gasteiger partial charge in [-0.2, -0.15) is 0 Å². The van der Waals surface area contributed by atoms with E-state index in [0.29, 0.717) is 0 Å². The predicted molar refractivity (Wildman–Crippen MR) is 57.0 cm³/mol. The van der Waals surface area contributed by atoms with Crippen LogP contribution in [0.25, 0.3) is 0 Å². The summed E-state index contributed by atoms with van der Waals surface area (Å²) in [6.45, 7) is 0. The van der Waals surface area contributed by atoms with E-state index < -0.39 is 25.4 Å². The smallest absolute Gasteiger partial charge is 0.478 e. The Hall–Kier alpha value is -2.71. The van der Waals surface area contributed by atoms with E-state index in [4.69, 9.17) is 15.3 Å². The molecule has 0 atom stereocenters. The van der Waals surface area contributed by atoms with E-state index in [-0.39, 0.29) is 11.0 Å². The summed E-state index contributed by atoms with van der Waals surface area (Å²) in [7, 11) is -1.85. The second-order valence-corrected chi connectivity index (χ2v) is 2.99. The number of carboxylic acids is 1. The topological polar surface area (TPSA) is 130 Å². The normalized spacial score (nSPS) is 9.33. The van der Waals surface area contributed by atoms with Crippen molar-refractivity contribution in [2.75, 3.05) is 0 Å². The van der Waals surface area contributed by atoms with E-state index in [1.54, 1.807) is 0 Å². The number of carbonyl (C=O) groups is 3. The number of aromatic carboxylic acids is 1. The summed E-state index contributed by atoms with van der Waals surface area (Å²) in [5, 5.41) is 25.8. The first-order valence-electron chi connectivity index (χ1n) is 4.53. The third kappa shape index (κ3) is 3.40. The van der Waals surface area contributed by atoms with Crippen LogP contribution in [0.1, 0.15) is 10.4 Å². The van der Waals surface area contributed by atoms with Crippen molar-refractivity contribution in [3.05, 3.63) is 29.8 Å². The zero-order valence-corrected chi connectivity index (χ0v) is 8.77. The van der Waals surface area contributed by atoms with Crippen molar-refractivity contribution in [1.29, 1.82) is 0 Å². The highest BCUT2D eigenvalue weighted by Gasteiger charge is 2.34. The van der Waals surface area contributed by atoms with Gasteiger partial charge in [0.1, 0.15) is 0 Å². The zero-order valence-electron chi connectivity index (χ0n) is 8.77. The number of hydrogen-bond acceptors (Lipinski definition) is 5. The summed E-state index contributed by atoms with van der Waals surface area (Å²) in [6, 6.07) is 5.15. The van der Waals surface area contributed by atoms with E-state index in [0.717, 1.165) is 0 Å². The predicted octanol–water partition coefficient (Wildman–Crippen LogP) is 0.469.